The Hall–Kier alpha value is -3.75. The van der Waals surface area contributed by atoms with Crippen LogP contribution < -0.4 is 31.4 Å². The zero-order chi connectivity index (χ0) is 19.2. The van der Waals surface area contributed by atoms with Crippen LogP contribution in [0.25, 0.3) is 0 Å². The molecule has 2 aromatic rings. The molecule has 9 nitrogen and oxygen atoms in total. The van der Waals surface area contributed by atoms with E-state index in [1.54, 1.807) is 36.4 Å². The maximum atomic E-state index is 12.2. The van der Waals surface area contributed by atoms with Crippen molar-refractivity contribution in [2.45, 2.75) is 12.5 Å². The first-order valence-corrected chi connectivity index (χ1v) is 8.12. The highest BCUT2D eigenvalue weighted by Gasteiger charge is 2.19. The number of rotatable bonds is 5. The van der Waals surface area contributed by atoms with E-state index in [2.05, 4.69) is 16.2 Å². The van der Waals surface area contributed by atoms with E-state index in [0.29, 0.717) is 22.6 Å². The minimum Gasteiger partial charge on any atom is -0.454 e. The van der Waals surface area contributed by atoms with Crippen LogP contribution in [0, 0.1) is 0 Å². The van der Waals surface area contributed by atoms with Crippen LogP contribution in [0.4, 0.5) is 4.79 Å². The number of hydrogen-bond acceptors (Lipinski definition) is 5. The number of hydrazine groups is 1. The van der Waals surface area contributed by atoms with Gasteiger partial charge in [0.05, 0.1) is 12.5 Å². The number of nitrogens with two attached hydrogens (primary N) is 1. The fourth-order valence-corrected chi connectivity index (χ4v) is 2.58. The van der Waals surface area contributed by atoms with Crippen molar-refractivity contribution < 1.29 is 23.9 Å². The van der Waals surface area contributed by atoms with Gasteiger partial charge >= 0.3 is 6.03 Å². The van der Waals surface area contributed by atoms with Gasteiger partial charge in [0.2, 0.25) is 12.7 Å². The van der Waals surface area contributed by atoms with E-state index in [0.717, 1.165) is 0 Å². The molecular formula is C18H18N4O5. The van der Waals surface area contributed by atoms with Crippen molar-refractivity contribution in [3.8, 4) is 11.5 Å². The molecule has 0 saturated heterocycles. The molecule has 27 heavy (non-hydrogen) atoms. The Morgan fingerprint density at radius 3 is 2.48 bits per heavy atom. The maximum Gasteiger partial charge on any atom is 0.312 e. The van der Waals surface area contributed by atoms with Gasteiger partial charge in [-0.2, -0.15) is 0 Å². The van der Waals surface area contributed by atoms with Gasteiger partial charge in [-0.15, -0.1) is 0 Å². The predicted molar refractivity (Wildman–Crippen MR) is 94.7 cm³/mol. The Labute approximate surface area is 154 Å². The molecule has 0 aliphatic carbocycles. The molecule has 140 valence electrons. The smallest absolute Gasteiger partial charge is 0.312 e. The van der Waals surface area contributed by atoms with E-state index in [1.807, 2.05) is 6.07 Å². The van der Waals surface area contributed by atoms with Gasteiger partial charge in [-0.3, -0.25) is 20.4 Å². The number of primary amides is 1. The SMILES string of the molecule is NC(=O)NC(CC(=O)NNC(=O)c1ccc2c(c1)OCO2)c1ccccc1. The van der Waals surface area contributed by atoms with Crippen LogP contribution in [0.2, 0.25) is 0 Å². The third-order valence-electron chi connectivity index (χ3n) is 3.86. The first kappa shape index (κ1) is 18.1. The minimum atomic E-state index is -0.749. The number of nitrogens with one attached hydrogen (secondary N) is 3. The summed E-state index contributed by atoms with van der Waals surface area (Å²) in [7, 11) is 0. The Balaban J connectivity index is 1.57. The second-order valence-electron chi connectivity index (χ2n) is 5.75. The van der Waals surface area contributed by atoms with E-state index >= 15 is 0 Å². The lowest BCUT2D eigenvalue weighted by Crippen LogP contribution is -2.44. The summed E-state index contributed by atoms with van der Waals surface area (Å²) in [5.41, 5.74) is 10.8. The molecule has 0 saturated carbocycles. The lowest BCUT2D eigenvalue weighted by atomic mass is 10.0. The van der Waals surface area contributed by atoms with Crippen molar-refractivity contribution >= 4 is 17.8 Å². The molecule has 2 aromatic carbocycles. The quantitative estimate of drug-likeness (QED) is 0.583. The molecule has 1 unspecified atom stereocenters. The van der Waals surface area contributed by atoms with Crippen LogP contribution in [0.3, 0.4) is 0 Å². The predicted octanol–water partition coefficient (Wildman–Crippen LogP) is 0.976. The average Bonchev–Trinajstić information content (AvgIpc) is 3.13. The number of benzene rings is 2. The zero-order valence-corrected chi connectivity index (χ0v) is 14.2. The summed E-state index contributed by atoms with van der Waals surface area (Å²) in [4.78, 5) is 35.5. The first-order valence-electron chi connectivity index (χ1n) is 8.12. The third-order valence-corrected chi connectivity index (χ3v) is 3.86. The number of amides is 4. The summed E-state index contributed by atoms with van der Waals surface area (Å²) in [5.74, 6) is 0.00931. The summed E-state index contributed by atoms with van der Waals surface area (Å²) in [6.07, 6.45) is -0.103. The molecule has 1 aliphatic heterocycles. The summed E-state index contributed by atoms with van der Waals surface area (Å²) >= 11 is 0. The fraction of sp³-hybridized carbons (Fsp3) is 0.167. The van der Waals surface area contributed by atoms with Gasteiger partial charge in [-0.05, 0) is 23.8 Å². The van der Waals surface area contributed by atoms with Gasteiger partial charge < -0.3 is 20.5 Å². The van der Waals surface area contributed by atoms with E-state index < -0.39 is 23.9 Å². The van der Waals surface area contributed by atoms with Gasteiger partial charge in [0.1, 0.15) is 0 Å². The summed E-state index contributed by atoms with van der Waals surface area (Å²) < 4.78 is 10.4. The van der Waals surface area contributed by atoms with Crippen LogP contribution in [0.5, 0.6) is 11.5 Å². The molecule has 0 spiro atoms. The maximum absolute atomic E-state index is 12.2. The molecule has 0 fully saturated rings. The molecule has 0 radical (unpaired) electrons. The van der Waals surface area contributed by atoms with E-state index in [-0.39, 0.29) is 13.2 Å². The molecule has 9 heteroatoms. The van der Waals surface area contributed by atoms with Crippen LogP contribution in [0.1, 0.15) is 28.4 Å². The van der Waals surface area contributed by atoms with E-state index in [9.17, 15) is 14.4 Å². The Morgan fingerprint density at radius 1 is 1.00 bits per heavy atom. The zero-order valence-electron chi connectivity index (χ0n) is 14.2. The molecule has 1 atom stereocenters. The molecule has 1 aliphatic rings. The van der Waals surface area contributed by atoms with Gasteiger partial charge in [0.25, 0.3) is 5.91 Å². The summed E-state index contributed by atoms with van der Waals surface area (Å²) in [5, 5.41) is 2.51. The van der Waals surface area contributed by atoms with Crippen molar-refractivity contribution in [2.75, 3.05) is 6.79 Å². The molecule has 5 N–H and O–H groups in total. The molecule has 1 heterocycles. The minimum absolute atomic E-state index is 0.102. The van der Waals surface area contributed by atoms with Gasteiger partial charge in [0.15, 0.2) is 11.5 Å². The van der Waals surface area contributed by atoms with Gasteiger partial charge in [0, 0.05) is 5.56 Å². The summed E-state index contributed by atoms with van der Waals surface area (Å²) in [6.45, 7) is 0.102. The van der Waals surface area contributed by atoms with Crippen molar-refractivity contribution in [3.63, 3.8) is 0 Å². The second-order valence-corrected chi connectivity index (χ2v) is 5.75. The molecular weight excluding hydrogens is 352 g/mol. The van der Waals surface area contributed by atoms with Crippen molar-refractivity contribution in [3.05, 3.63) is 59.7 Å². The monoisotopic (exact) mass is 370 g/mol. The molecule has 3 rings (SSSR count). The third kappa shape index (κ3) is 4.66. The number of carbonyl (C=O) groups excluding carboxylic acids is 3. The number of urea groups is 1. The van der Waals surface area contributed by atoms with Gasteiger partial charge in [-0.25, -0.2) is 4.79 Å². The average molecular weight is 370 g/mol. The van der Waals surface area contributed by atoms with Gasteiger partial charge in [-0.1, -0.05) is 30.3 Å². The number of carbonyl (C=O) groups is 3. The summed E-state index contributed by atoms with van der Waals surface area (Å²) in [6, 6.07) is 12.2. The first-order chi connectivity index (χ1) is 13.0. The number of fused-ring (bicyclic) bond motifs is 1. The Morgan fingerprint density at radius 2 is 1.74 bits per heavy atom. The van der Waals surface area contributed by atoms with Crippen LogP contribution >= 0.6 is 0 Å². The Kier molecular flexibility index (Phi) is 5.41. The lowest BCUT2D eigenvalue weighted by Gasteiger charge is -2.18. The highest BCUT2D eigenvalue weighted by molar-refractivity contribution is 5.96. The Bertz CT molecular complexity index is 856. The largest absolute Gasteiger partial charge is 0.454 e. The van der Waals surface area contributed by atoms with Crippen LogP contribution in [0.15, 0.2) is 48.5 Å². The number of ether oxygens (including phenoxy) is 2. The van der Waals surface area contributed by atoms with Crippen molar-refractivity contribution in [1.82, 2.24) is 16.2 Å². The van der Waals surface area contributed by atoms with Crippen molar-refractivity contribution in [2.24, 2.45) is 5.73 Å². The topological polar surface area (TPSA) is 132 Å². The fourth-order valence-electron chi connectivity index (χ4n) is 2.58. The lowest BCUT2D eigenvalue weighted by molar-refractivity contribution is -0.122. The van der Waals surface area contributed by atoms with E-state index in [4.69, 9.17) is 15.2 Å². The molecule has 4 amide bonds. The van der Waals surface area contributed by atoms with Crippen molar-refractivity contribution in [1.29, 1.82) is 0 Å². The number of hydrogen-bond donors (Lipinski definition) is 4. The van der Waals surface area contributed by atoms with Crippen LogP contribution in [-0.2, 0) is 4.79 Å². The standard InChI is InChI=1S/C18H18N4O5/c19-18(25)20-13(11-4-2-1-3-5-11)9-16(23)21-22-17(24)12-6-7-14-15(8-12)27-10-26-14/h1-8,13H,9-10H2,(H,21,23)(H,22,24)(H3,19,20,25). The molecule has 0 aromatic heterocycles. The van der Waals surface area contributed by atoms with E-state index in [1.165, 1.54) is 6.07 Å². The highest BCUT2D eigenvalue weighted by Crippen LogP contribution is 2.32. The normalized spacial score (nSPS) is 12.7. The molecule has 0 bridgehead atoms. The second kappa shape index (κ2) is 8.09. The highest BCUT2D eigenvalue weighted by atomic mass is 16.7. The van der Waals surface area contributed by atoms with Crippen LogP contribution in [-0.4, -0.2) is 24.6 Å².